The zero-order valence-corrected chi connectivity index (χ0v) is 8.53. The first kappa shape index (κ1) is 8.52. The molecular formula is C10H12N4O. The Kier molecular flexibility index (Phi) is 1.62. The maximum atomic E-state index is 5.64. The standard InChI is InChI=1S/C10H12N4O/c1-14-5-6-3-2-4-15-9-7(6)8(14)12-10(11)13-9/h5H,2-4H2,1H3,(H2,11,12,13). The molecule has 5 nitrogen and oxygen atoms in total. The van der Waals surface area contributed by atoms with Gasteiger partial charge in [-0.1, -0.05) is 0 Å². The number of hydrogen-bond acceptors (Lipinski definition) is 4. The highest BCUT2D eigenvalue weighted by Crippen LogP contribution is 2.31. The van der Waals surface area contributed by atoms with Gasteiger partial charge in [-0.05, 0) is 18.4 Å². The van der Waals surface area contributed by atoms with E-state index in [2.05, 4.69) is 16.2 Å². The van der Waals surface area contributed by atoms with Gasteiger partial charge in [0.05, 0.1) is 12.0 Å². The molecule has 2 aromatic heterocycles. The Morgan fingerprint density at radius 3 is 3.20 bits per heavy atom. The second kappa shape index (κ2) is 2.85. The van der Waals surface area contributed by atoms with Gasteiger partial charge in [0.25, 0.3) is 0 Å². The lowest BCUT2D eigenvalue weighted by molar-refractivity contribution is 0.308. The number of rotatable bonds is 0. The van der Waals surface area contributed by atoms with Gasteiger partial charge in [-0.15, -0.1) is 0 Å². The fourth-order valence-corrected chi connectivity index (χ4v) is 2.07. The highest BCUT2D eigenvalue weighted by atomic mass is 16.5. The van der Waals surface area contributed by atoms with Gasteiger partial charge in [-0.3, -0.25) is 0 Å². The summed E-state index contributed by atoms with van der Waals surface area (Å²) < 4.78 is 7.54. The monoisotopic (exact) mass is 204 g/mol. The van der Waals surface area contributed by atoms with Crippen LogP contribution in [0.5, 0.6) is 5.88 Å². The topological polar surface area (TPSA) is 66.0 Å². The third-order valence-corrected chi connectivity index (χ3v) is 2.71. The van der Waals surface area contributed by atoms with Crippen molar-refractivity contribution in [3.05, 3.63) is 11.8 Å². The van der Waals surface area contributed by atoms with Gasteiger partial charge in [0.2, 0.25) is 11.8 Å². The molecular weight excluding hydrogens is 192 g/mol. The Morgan fingerprint density at radius 1 is 1.47 bits per heavy atom. The quantitative estimate of drug-likeness (QED) is 0.691. The summed E-state index contributed by atoms with van der Waals surface area (Å²) in [5.41, 5.74) is 7.74. The number of ether oxygens (including phenoxy) is 1. The molecule has 0 aromatic carbocycles. The molecule has 0 aliphatic carbocycles. The molecule has 0 bridgehead atoms. The molecule has 2 aromatic rings. The molecule has 5 heteroatoms. The van der Waals surface area contributed by atoms with Crippen LogP contribution < -0.4 is 10.5 Å². The maximum absolute atomic E-state index is 5.64. The SMILES string of the molecule is Cn1cc2c3c(nc(N)nc31)OCCC2. The molecule has 0 radical (unpaired) electrons. The third kappa shape index (κ3) is 1.16. The van der Waals surface area contributed by atoms with Gasteiger partial charge in [0, 0.05) is 13.2 Å². The minimum Gasteiger partial charge on any atom is -0.477 e. The third-order valence-electron chi connectivity index (χ3n) is 2.71. The normalized spacial score (nSPS) is 15.0. The molecule has 0 amide bonds. The molecule has 0 spiro atoms. The molecule has 3 heterocycles. The van der Waals surface area contributed by atoms with Gasteiger partial charge in [-0.25, -0.2) is 0 Å². The first-order valence-corrected chi connectivity index (χ1v) is 5.00. The predicted octanol–water partition coefficient (Wildman–Crippen LogP) is 0.875. The minimum absolute atomic E-state index is 0.271. The Labute approximate surface area is 86.9 Å². The summed E-state index contributed by atoms with van der Waals surface area (Å²) >= 11 is 0. The van der Waals surface area contributed by atoms with Crippen LogP contribution in [0.1, 0.15) is 12.0 Å². The number of nitrogens with zero attached hydrogens (tertiary/aromatic N) is 3. The highest BCUT2D eigenvalue weighted by Gasteiger charge is 2.18. The van der Waals surface area contributed by atoms with Crippen LogP contribution >= 0.6 is 0 Å². The molecule has 78 valence electrons. The molecule has 0 fully saturated rings. The van der Waals surface area contributed by atoms with Crippen LogP contribution in [0.3, 0.4) is 0 Å². The number of anilines is 1. The Hall–Kier alpha value is -1.78. The van der Waals surface area contributed by atoms with Crippen molar-refractivity contribution in [2.75, 3.05) is 12.3 Å². The van der Waals surface area contributed by atoms with Crippen LogP contribution in [0.25, 0.3) is 11.0 Å². The Balaban J connectivity index is 2.43. The van der Waals surface area contributed by atoms with Gasteiger partial charge in [0.15, 0.2) is 0 Å². The molecule has 15 heavy (non-hydrogen) atoms. The minimum atomic E-state index is 0.271. The van der Waals surface area contributed by atoms with Crippen molar-refractivity contribution in [3.63, 3.8) is 0 Å². The molecule has 3 rings (SSSR count). The van der Waals surface area contributed by atoms with E-state index in [1.165, 1.54) is 5.56 Å². The van der Waals surface area contributed by atoms with Crippen molar-refractivity contribution in [1.29, 1.82) is 0 Å². The predicted molar refractivity (Wildman–Crippen MR) is 56.7 cm³/mol. The van der Waals surface area contributed by atoms with E-state index in [-0.39, 0.29) is 5.95 Å². The van der Waals surface area contributed by atoms with Crippen LogP contribution in [0, 0.1) is 0 Å². The van der Waals surface area contributed by atoms with Crippen molar-refractivity contribution < 1.29 is 4.74 Å². The average Bonchev–Trinajstić information content (AvgIpc) is 2.40. The van der Waals surface area contributed by atoms with E-state index in [9.17, 15) is 0 Å². The Bertz CT molecular complexity index is 532. The molecule has 1 aliphatic rings. The van der Waals surface area contributed by atoms with Crippen LogP contribution in [0.4, 0.5) is 5.95 Å². The number of aromatic nitrogens is 3. The maximum Gasteiger partial charge on any atom is 0.228 e. The summed E-state index contributed by atoms with van der Waals surface area (Å²) in [5, 5.41) is 1.02. The number of aryl methyl sites for hydroxylation is 2. The largest absolute Gasteiger partial charge is 0.477 e. The van der Waals surface area contributed by atoms with Gasteiger partial charge in [0.1, 0.15) is 5.65 Å². The molecule has 0 saturated heterocycles. The first-order valence-electron chi connectivity index (χ1n) is 5.00. The number of nitrogen functional groups attached to an aromatic ring is 1. The number of hydrogen-bond donors (Lipinski definition) is 1. The summed E-state index contributed by atoms with van der Waals surface area (Å²) in [4.78, 5) is 8.37. The Morgan fingerprint density at radius 2 is 2.33 bits per heavy atom. The molecule has 2 N–H and O–H groups in total. The van der Waals surface area contributed by atoms with Crippen LogP contribution in [-0.2, 0) is 13.5 Å². The van der Waals surface area contributed by atoms with Crippen molar-refractivity contribution in [1.82, 2.24) is 14.5 Å². The fraction of sp³-hybridized carbons (Fsp3) is 0.400. The average molecular weight is 204 g/mol. The summed E-state index contributed by atoms with van der Waals surface area (Å²) in [6, 6.07) is 0. The van der Waals surface area contributed by atoms with Gasteiger partial charge in [-0.2, -0.15) is 9.97 Å². The van der Waals surface area contributed by atoms with Crippen molar-refractivity contribution in [2.45, 2.75) is 12.8 Å². The lowest BCUT2D eigenvalue weighted by Gasteiger charge is -2.04. The zero-order valence-electron chi connectivity index (χ0n) is 8.53. The van der Waals surface area contributed by atoms with Crippen molar-refractivity contribution in [3.8, 4) is 5.88 Å². The number of nitrogens with two attached hydrogens (primary N) is 1. The van der Waals surface area contributed by atoms with E-state index < -0.39 is 0 Å². The molecule has 0 saturated carbocycles. The lowest BCUT2D eigenvalue weighted by atomic mass is 10.1. The van der Waals surface area contributed by atoms with Crippen LogP contribution in [-0.4, -0.2) is 21.1 Å². The lowest BCUT2D eigenvalue weighted by Crippen LogP contribution is -2.02. The highest BCUT2D eigenvalue weighted by molar-refractivity contribution is 5.86. The van der Waals surface area contributed by atoms with Crippen molar-refractivity contribution in [2.24, 2.45) is 7.05 Å². The molecule has 0 unspecified atom stereocenters. The van der Waals surface area contributed by atoms with E-state index >= 15 is 0 Å². The summed E-state index contributed by atoms with van der Waals surface area (Å²) in [6.45, 7) is 0.698. The summed E-state index contributed by atoms with van der Waals surface area (Å²) in [6.07, 6.45) is 4.10. The summed E-state index contributed by atoms with van der Waals surface area (Å²) in [7, 11) is 1.96. The van der Waals surface area contributed by atoms with E-state index in [1.54, 1.807) is 0 Å². The second-order valence-corrected chi connectivity index (χ2v) is 3.80. The van der Waals surface area contributed by atoms with E-state index in [1.807, 2.05) is 11.6 Å². The van der Waals surface area contributed by atoms with E-state index in [4.69, 9.17) is 10.5 Å². The van der Waals surface area contributed by atoms with E-state index in [0.29, 0.717) is 12.5 Å². The van der Waals surface area contributed by atoms with Crippen LogP contribution in [0.2, 0.25) is 0 Å². The first-order chi connectivity index (χ1) is 7.25. The molecule has 1 aliphatic heterocycles. The second-order valence-electron chi connectivity index (χ2n) is 3.80. The molecule has 0 atom stereocenters. The fourth-order valence-electron chi connectivity index (χ4n) is 2.07. The smallest absolute Gasteiger partial charge is 0.228 e. The van der Waals surface area contributed by atoms with Gasteiger partial charge >= 0.3 is 0 Å². The van der Waals surface area contributed by atoms with Crippen LogP contribution in [0.15, 0.2) is 6.20 Å². The summed E-state index contributed by atoms with van der Waals surface area (Å²) in [5.74, 6) is 0.901. The zero-order chi connectivity index (χ0) is 10.4. The van der Waals surface area contributed by atoms with Gasteiger partial charge < -0.3 is 15.0 Å². The van der Waals surface area contributed by atoms with E-state index in [0.717, 1.165) is 23.9 Å². The van der Waals surface area contributed by atoms with Crippen molar-refractivity contribution >= 4 is 17.0 Å².